The molecule has 0 fully saturated rings. The molecule has 7 nitrogen and oxygen atoms in total. The molecule has 3 rings (SSSR count). The number of nitrogens with one attached hydrogen (secondary N) is 1. The maximum atomic E-state index is 12.9. The highest BCUT2D eigenvalue weighted by Crippen LogP contribution is 2.32. The lowest BCUT2D eigenvalue weighted by atomic mass is 9.93. The van der Waals surface area contributed by atoms with Crippen molar-refractivity contribution in [2.75, 3.05) is 19.5 Å². The SMILES string of the molecule is COc1ccc(C(C)n2nccc2NC(=O)c2oc(C(C)(C)C)cc2C)cc1OC. The Morgan fingerprint density at radius 1 is 1.13 bits per heavy atom. The predicted octanol–water partition coefficient (Wildman–Crippen LogP) is 4.96. The highest BCUT2D eigenvalue weighted by Gasteiger charge is 2.24. The van der Waals surface area contributed by atoms with Crippen LogP contribution in [0.1, 0.15) is 61.2 Å². The van der Waals surface area contributed by atoms with E-state index in [4.69, 9.17) is 13.9 Å². The summed E-state index contributed by atoms with van der Waals surface area (Å²) in [6.45, 7) is 10.0. The molecule has 0 bridgehead atoms. The van der Waals surface area contributed by atoms with Crippen molar-refractivity contribution in [3.05, 3.63) is 59.2 Å². The summed E-state index contributed by atoms with van der Waals surface area (Å²) in [5.74, 6) is 2.66. The van der Waals surface area contributed by atoms with E-state index >= 15 is 0 Å². The molecule has 0 aliphatic rings. The van der Waals surface area contributed by atoms with E-state index in [1.807, 2.05) is 58.9 Å². The fourth-order valence-corrected chi connectivity index (χ4v) is 3.23. The number of anilines is 1. The number of carbonyl (C=O) groups is 1. The summed E-state index contributed by atoms with van der Waals surface area (Å²) in [6, 6.07) is 9.25. The number of methoxy groups -OCH3 is 2. The van der Waals surface area contributed by atoms with Crippen LogP contribution in [0.4, 0.5) is 5.82 Å². The third-order valence-electron chi connectivity index (χ3n) is 5.03. The van der Waals surface area contributed by atoms with Gasteiger partial charge in [0.05, 0.1) is 26.5 Å². The number of ether oxygens (including phenoxy) is 2. The number of benzene rings is 1. The van der Waals surface area contributed by atoms with E-state index in [1.165, 1.54) is 0 Å². The van der Waals surface area contributed by atoms with Crippen LogP contribution in [0.15, 0.2) is 40.9 Å². The van der Waals surface area contributed by atoms with Crippen molar-refractivity contribution in [2.45, 2.75) is 46.1 Å². The molecule has 3 aromatic rings. The van der Waals surface area contributed by atoms with E-state index in [2.05, 4.69) is 10.4 Å². The topological polar surface area (TPSA) is 78.5 Å². The molecule has 1 atom stereocenters. The van der Waals surface area contributed by atoms with E-state index in [0.717, 1.165) is 16.9 Å². The molecule has 2 heterocycles. The van der Waals surface area contributed by atoms with E-state index in [-0.39, 0.29) is 17.4 Å². The van der Waals surface area contributed by atoms with Gasteiger partial charge in [0.1, 0.15) is 11.6 Å². The minimum absolute atomic E-state index is 0.141. The van der Waals surface area contributed by atoms with Gasteiger partial charge >= 0.3 is 0 Å². The minimum Gasteiger partial charge on any atom is -0.493 e. The van der Waals surface area contributed by atoms with Crippen LogP contribution in [0.2, 0.25) is 0 Å². The summed E-state index contributed by atoms with van der Waals surface area (Å²) in [5.41, 5.74) is 1.60. The largest absolute Gasteiger partial charge is 0.493 e. The number of furan rings is 1. The second-order valence-corrected chi connectivity index (χ2v) is 8.28. The van der Waals surface area contributed by atoms with Crippen LogP contribution in [0, 0.1) is 6.92 Å². The van der Waals surface area contributed by atoms with Crippen molar-refractivity contribution >= 4 is 11.7 Å². The molecule has 7 heteroatoms. The van der Waals surface area contributed by atoms with E-state index in [1.54, 1.807) is 31.2 Å². The third-order valence-corrected chi connectivity index (χ3v) is 5.03. The summed E-state index contributed by atoms with van der Waals surface area (Å²) in [7, 11) is 3.20. The molecule has 1 amide bonds. The van der Waals surface area contributed by atoms with E-state index in [9.17, 15) is 4.79 Å². The molecular weight excluding hydrogens is 382 g/mol. The maximum absolute atomic E-state index is 12.9. The molecule has 160 valence electrons. The zero-order chi connectivity index (χ0) is 22.1. The molecule has 0 saturated heterocycles. The Kier molecular flexibility index (Phi) is 5.92. The van der Waals surface area contributed by atoms with Crippen molar-refractivity contribution in [2.24, 2.45) is 0 Å². The average molecular weight is 412 g/mol. The van der Waals surface area contributed by atoms with Gasteiger partial charge in [0.15, 0.2) is 17.3 Å². The zero-order valence-electron chi connectivity index (χ0n) is 18.6. The van der Waals surface area contributed by atoms with Gasteiger partial charge in [-0.3, -0.25) is 4.79 Å². The molecule has 2 aromatic heterocycles. The van der Waals surface area contributed by atoms with Crippen molar-refractivity contribution in [1.29, 1.82) is 0 Å². The molecule has 30 heavy (non-hydrogen) atoms. The van der Waals surface area contributed by atoms with Crippen LogP contribution >= 0.6 is 0 Å². The van der Waals surface area contributed by atoms with Gasteiger partial charge in [-0.25, -0.2) is 4.68 Å². The first kappa shape index (κ1) is 21.5. The molecule has 0 aliphatic carbocycles. The Morgan fingerprint density at radius 3 is 2.43 bits per heavy atom. The Hall–Kier alpha value is -3.22. The molecule has 0 spiro atoms. The second-order valence-electron chi connectivity index (χ2n) is 8.28. The van der Waals surface area contributed by atoms with Crippen LogP contribution in [-0.2, 0) is 5.41 Å². The standard InChI is InChI=1S/C23H29N3O4/c1-14-12-19(23(3,4)5)30-21(14)22(27)25-20-10-11-24-26(20)15(2)16-8-9-17(28-6)18(13-16)29-7/h8-13,15H,1-7H3,(H,25,27). The Balaban J connectivity index is 1.85. The number of hydrogen-bond donors (Lipinski definition) is 1. The van der Waals surface area contributed by atoms with Gasteiger partial charge in [-0.05, 0) is 37.6 Å². The smallest absolute Gasteiger partial charge is 0.292 e. The molecular formula is C23H29N3O4. The van der Waals surface area contributed by atoms with Gasteiger partial charge in [0.2, 0.25) is 0 Å². The number of aromatic nitrogens is 2. The van der Waals surface area contributed by atoms with Gasteiger partial charge in [-0.1, -0.05) is 26.8 Å². The van der Waals surface area contributed by atoms with E-state index in [0.29, 0.717) is 23.1 Å². The Labute approximate surface area is 177 Å². The van der Waals surface area contributed by atoms with Crippen molar-refractivity contribution in [1.82, 2.24) is 9.78 Å². The predicted molar refractivity (Wildman–Crippen MR) is 116 cm³/mol. The highest BCUT2D eigenvalue weighted by molar-refractivity contribution is 6.02. The van der Waals surface area contributed by atoms with Crippen molar-refractivity contribution in [3.63, 3.8) is 0 Å². The number of carbonyl (C=O) groups excluding carboxylic acids is 1. The van der Waals surface area contributed by atoms with Crippen LogP contribution in [0.5, 0.6) is 11.5 Å². The van der Waals surface area contributed by atoms with E-state index < -0.39 is 0 Å². The van der Waals surface area contributed by atoms with Crippen LogP contribution in [0.3, 0.4) is 0 Å². The molecule has 0 radical (unpaired) electrons. The first-order valence-corrected chi connectivity index (χ1v) is 9.83. The van der Waals surface area contributed by atoms with Gasteiger partial charge in [0, 0.05) is 17.0 Å². The average Bonchev–Trinajstić information content (AvgIpc) is 3.33. The lowest BCUT2D eigenvalue weighted by molar-refractivity contribution is 0.0991. The first-order valence-electron chi connectivity index (χ1n) is 9.83. The van der Waals surface area contributed by atoms with Gasteiger partial charge < -0.3 is 19.2 Å². The molecule has 1 aromatic carbocycles. The van der Waals surface area contributed by atoms with Gasteiger partial charge in [-0.2, -0.15) is 5.10 Å². The number of amides is 1. The monoisotopic (exact) mass is 411 g/mol. The fourth-order valence-electron chi connectivity index (χ4n) is 3.23. The minimum atomic E-state index is -0.302. The summed E-state index contributed by atoms with van der Waals surface area (Å²) in [4.78, 5) is 12.9. The lowest BCUT2D eigenvalue weighted by Crippen LogP contribution is -2.18. The number of rotatable bonds is 6. The first-order chi connectivity index (χ1) is 14.2. The zero-order valence-corrected chi connectivity index (χ0v) is 18.6. The summed E-state index contributed by atoms with van der Waals surface area (Å²) < 4.78 is 18.3. The quantitative estimate of drug-likeness (QED) is 0.620. The molecule has 1 unspecified atom stereocenters. The summed E-state index contributed by atoms with van der Waals surface area (Å²) in [5, 5.41) is 7.33. The molecule has 0 saturated carbocycles. The molecule has 1 N–H and O–H groups in total. The summed E-state index contributed by atoms with van der Waals surface area (Å²) >= 11 is 0. The number of hydrogen-bond acceptors (Lipinski definition) is 5. The van der Waals surface area contributed by atoms with Gasteiger partial charge in [0.25, 0.3) is 5.91 Å². The van der Waals surface area contributed by atoms with Crippen LogP contribution < -0.4 is 14.8 Å². The lowest BCUT2D eigenvalue weighted by Gasteiger charge is -2.18. The van der Waals surface area contributed by atoms with Crippen molar-refractivity contribution < 1.29 is 18.7 Å². The summed E-state index contributed by atoms with van der Waals surface area (Å²) in [6.07, 6.45) is 1.66. The highest BCUT2D eigenvalue weighted by atomic mass is 16.5. The third kappa shape index (κ3) is 4.20. The van der Waals surface area contributed by atoms with Crippen LogP contribution in [0.25, 0.3) is 0 Å². The normalized spacial score (nSPS) is 12.5. The fraction of sp³-hybridized carbons (Fsp3) is 0.391. The Bertz CT molecular complexity index is 1040. The maximum Gasteiger partial charge on any atom is 0.292 e. The number of nitrogens with zero attached hydrogens (tertiary/aromatic N) is 2. The van der Waals surface area contributed by atoms with Crippen molar-refractivity contribution in [3.8, 4) is 11.5 Å². The molecule has 0 aliphatic heterocycles. The number of aryl methyl sites for hydroxylation is 1. The second kappa shape index (κ2) is 8.26. The van der Waals surface area contributed by atoms with Gasteiger partial charge in [-0.15, -0.1) is 0 Å². The van der Waals surface area contributed by atoms with Crippen LogP contribution in [-0.4, -0.2) is 29.9 Å². The Morgan fingerprint density at radius 2 is 1.83 bits per heavy atom.